The summed E-state index contributed by atoms with van der Waals surface area (Å²) in [5.74, 6) is 0.555. The van der Waals surface area contributed by atoms with Crippen molar-refractivity contribution in [1.82, 2.24) is 5.32 Å². The number of nitrogens with zero attached hydrogens (tertiary/aromatic N) is 3. The van der Waals surface area contributed by atoms with Crippen LogP contribution in [-0.2, 0) is 0 Å². The summed E-state index contributed by atoms with van der Waals surface area (Å²) in [4.78, 5) is 18.2. The van der Waals surface area contributed by atoms with Crippen LogP contribution in [0.4, 0.5) is 21.9 Å². The zero-order valence-corrected chi connectivity index (χ0v) is 14.0. The Morgan fingerprint density at radius 1 is 0.800 bits per heavy atom. The minimum absolute atomic E-state index is 0.0202. The molecule has 4 rings (SSSR count). The molecule has 2 aromatic rings. The molecule has 0 atom stereocenters. The van der Waals surface area contributed by atoms with E-state index in [9.17, 15) is 4.79 Å². The number of phenolic OH excluding ortho intramolecular Hbond substituents is 1. The number of anilines is 3. The van der Waals surface area contributed by atoms with Crippen molar-refractivity contribution in [3.05, 3.63) is 48.5 Å². The van der Waals surface area contributed by atoms with Crippen LogP contribution in [-0.4, -0.2) is 51.8 Å². The Labute approximate surface area is 148 Å². The van der Waals surface area contributed by atoms with Crippen molar-refractivity contribution in [1.29, 1.82) is 1.43 Å². The lowest BCUT2D eigenvalue weighted by atomic mass is 10.2. The lowest BCUT2D eigenvalue weighted by molar-refractivity contribution is 0.252. The first-order chi connectivity index (χ1) is 12.7. The van der Waals surface area contributed by atoms with Gasteiger partial charge in [-0.2, -0.15) is 0 Å². The number of carbonyl (C=O) groups excluding carboxylic acids is 1. The monoisotopic (exact) mass is 340 g/mol. The highest BCUT2D eigenvalue weighted by atomic mass is 16.3. The van der Waals surface area contributed by atoms with Gasteiger partial charge in [-0.1, -0.05) is 0 Å². The molecule has 6 nitrogen and oxygen atoms in total. The molecule has 2 aromatic carbocycles. The summed E-state index contributed by atoms with van der Waals surface area (Å²) in [7, 11) is 0. The Morgan fingerprint density at radius 2 is 1.32 bits per heavy atom. The van der Waals surface area contributed by atoms with E-state index in [0.717, 1.165) is 44.1 Å². The zero-order valence-electron chi connectivity index (χ0n) is 15.0. The van der Waals surface area contributed by atoms with E-state index in [-0.39, 0.29) is 6.03 Å². The van der Waals surface area contributed by atoms with Gasteiger partial charge in [0.25, 0.3) is 1.43 Å². The van der Waals surface area contributed by atoms with E-state index in [1.54, 1.807) is 4.90 Å². The summed E-state index contributed by atoms with van der Waals surface area (Å²) in [5, 5.41) is 7.31. The van der Waals surface area contributed by atoms with Crippen LogP contribution in [0.25, 0.3) is 0 Å². The molecule has 25 heavy (non-hydrogen) atoms. The lowest BCUT2D eigenvalue weighted by Crippen LogP contribution is -2.46. The van der Waals surface area contributed by atoms with Crippen LogP contribution in [0.2, 0.25) is 0 Å². The molecule has 2 N–H and O–H groups in total. The fourth-order valence-electron chi connectivity index (χ4n) is 3.44. The summed E-state index contributed by atoms with van der Waals surface area (Å²) in [6.07, 6.45) is 0. The predicted octanol–water partition coefficient (Wildman–Crippen LogP) is 2.25. The lowest BCUT2D eigenvalue weighted by Gasteiger charge is -2.37. The maximum absolute atomic E-state index is 11.8. The molecule has 0 radical (unpaired) electrons. The Hall–Kier alpha value is -2.89. The van der Waals surface area contributed by atoms with E-state index in [2.05, 4.69) is 32.4 Å². The third-order valence-corrected chi connectivity index (χ3v) is 4.86. The number of hydrogen-bond acceptors (Lipinski definition) is 4. The Bertz CT molecular complexity index is 758. The number of hydrogen-bond donors (Lipinski definition) is 2. The number of phenols is 1. The number of amides is 2. The molecule has 0 spiro atoms. The fourth-order valence-corrected chi connectivity index (χ4v) is 3.44. The molecule has 2 aliphatic rings. The van der Waals surface area contributed by atoms with E-state index in [0.29, 0.717) is 12.3 Å². The van der Waals surface area contributed by atoms with Crippen LogP contribution in [0.1, 0.15) is 0 Å². The highest BCUT2D eigenvalue weighted by Crippen LogP contribution is 2.25. The van der Waals surface area contributed by atoms with Gasteiger partial charge >= 0.3 is 6.03 Å². The van der Waals surface area contributed by atoms with Crippen LogP contribution in [0, 0.1) is 0 Å². The van der Waals surface area contributed by atoms with E-state index in [1.807, 2.05) is 36.4 Å². The normalized spacial score (nSPS) is 18.2. The molecule has 2 saturated heterocycles. The highest BCUT2D eigenvalue weighted by molar-refractivity contribution is 5.94. The molecule has 0 unspecified atom stereocenters. The number of carbonyl (C=O) groups is 1. The van der Waals surface area contributed by atoms with E-state index < -0.39 is 0 Å². The first-order valence-electron chi connectivity index (χ1n) is 9.04. The summed E-state index contributed by atoms with van der Waals surface area (Å²) in [6.45, 7) is 5.20. The smallest absolute Gasteiger partial charge is 0.321 e. The first kappa shape index (κ1) is 14.5. The zero-order chi connectivity index (χ0) is 17.9. The second-order valence-corrected chi connectivity index (χ2v) is 6.37. The minimum atomic E-state index is -0.0202. The first-order valence-corrected chi connectivity index (χ1v) is 8.63. The number of aromatic hydroxyl groups is 1. The van der Waals surface area contributed by atoms with Crippen molar-refractivity contribution in [3.8, 4) is 5.75 Å². The highest BCUT2D eigenvalue weighted by Gasteiger charge is 2.22. The molecule has 2 fully saturated rings. The van der Waals surface area contributed by atoms with Crippen molar-refractivity contribution >= 4 is 23.1 Å². The minimum Gasteiger partial charge on any atom is -0.508 e. The second-order valence-electron chi connectivity index (χ2n) is 6.37. The molecule has 2 heterocycles. The molecule has 0 aliphatic carbocycles. The molecular formula is C19H22N4O2. The van der Waals surface area contributed by atoms with Gasteiger partial charge in [-0.05, 0) is 48.5 Å². The van der Waals surface area contributed by atoms with Gasteiger partial charge < -0.3 is 20.2 Å². The van der Waals surface area contributed by atoms with Crippen LogP contribution in [0.5, 0.6) is 5.75 Å². The van der Waals surface area contributed by atoms with Gasteiger partial charge in [0.15, 0.2) is 0 Å². The summed E-state index contributed by atoms with van der Waals surface area (Å²) in [6, 6.07) is 15.8. The van der Waals surface area contributed by atoms with Gasteiger partial charge in [0.2, 0.25) is 0 Å². The average Bonchev–Trinajstić information content (AvgIpc) is 3.14. The van der Waals surface area contributed by atoms with E-state index >= 15 is 0 Å². The van der Waals surface area contributed by atoms with Crippen LogP contribution >= 0.6 is 0 Å². The van der Waals surface area contributed by atoms with Crippen molar-refractivity contribution in [3.63, 3.8) is 0 Å². The van der Waals surface area contributed by atoms with E-state index in [1.165, 1.54) is 5.69 Å². The number of urea groups is 1. The molecule has 130 valence electrons. The molecule has 6 heteroatoms. The van der Waals surface area contributed by atoms with Crippen molar-refractivity contribution in [2.45, 2.75) is 0 Å². The number of benzene rings is 2. The summed E-state index contributed by atoms with van der Waals surface area (Å²) in [5.41, 5.74) is 3.28. The Balaban J connectivity index is 1.37. The number of rotatable bonds is 4. The van der Waals surface area contributed by atoms with Crippen molar-refractivity contribution < 1.29 is 9.90 Å². The molecule has 0 aromatic heterocycles. The second kappa shape index (κ2) is 6.55. The number of nitrogens with one attached hydrogen (secondary N) is 1. The maximum atomic E-state index is 11.8. The Morgan fingerprint density at radius 3 is 1.80 bits per heavy atom. The quantitative estimate of drug-likeness (QED) is 0.896. The summed E-state index contributed by atoms with van der Waals surface area (Å²) >= 11 is 0. The summed E-state index contributed by atoms with van der Waals surface area (Å²) < 4.78 is 6.92. The number of piperazine rings is 1. The molecular weight excluding hydrogens is 316 g/mol. The molecule has 0 bridgehead atoms. The Kier molecular flexibility index (Phi) is 3.79. The van der Waals surface area contributed by atoms with E-state index in [4.69, 9.17) is 1.43 Å². The molecule has 0 saturated carbocycles. The van der Waals surface area contributed by atoms with Gasteiger partial charge in [-0.3, -0.25) is 4.90 Å². The van der Waals surface area contributed by atoms with Gasteiger partial charge in [0, 0.05) is 56.3 Å². The van der Waals surface area contributed by atoms with Crippen LogP contribution in [0.15, 0.2) is 48.5 Å². The van der Waals surface area contributed by atoms with Gasteiger partial charge in [0.05, 0.1) is 0 Å². The topological polar surface area (TPSA) is 59.1 Å². The largest absolute Gasteiger partial charge is 0.508 e. The van der Waals surface area contributed by atoms with Gasteiger partial charge in [-0.25, -0.2) is 4.79 Å². The third kappa shape index (κ3) is 3.20. The standard InChI is InChI=1S/C19H22N4O2/c24-18-7-5-16(6-8-18)22-13-11-21(12-14-22)15-1-3-17(4-2-15)23-10-9-20-19(23)25/h1-8,24H,9-14H2,(H,20,25)/i/hT. The third-order valence-electron chi connectivity index (χ3n) is 4.86. The SMILES string of the molecule is [3H]Oc1ccc(N2CCN(c3ccc(N4CCNC4=O)cc3)CC2)cc1. The van der Waals surface area contributed by atoms with Crippen molar-refractivity contribution in [2.75, 3.05) is 54.0 Å². The van der Waals surface area contributed by atoms with Gasteiger partial charge in [-0.15, -0.1) is 0 Å². The van der Waals surface area contributed by atoms with Crippen LogP contribution < -0.4 is 20.0 Å². The predicted molar refractivity (Wildman–Crippen MR) is 99.7 cm³/mol. The molecule has 2 aliphatic heterocycles. The van der Waals surface area contributed by atoms with Gasteiger partial charge in [0.1, 0.15) is 5.75 Å². The molecule has 2 amide bonds. The average molecular weight is 340 g/mol. The van der Waals surface area contributed by atoms with Crippen LogP contribution in [0.3, 0.4) is 0 Å². The van der Waals surface area contributed by atoms with Crippen molar-refractivity contribution in [2.24, 2.45) is 0 Å². The fraction of sp³-hybridized carbons (Fsp3) is 0.316. The maximum Gasteiger partial charge on any atom is 0.321 e.